The molecule has 8 aromatic carbocycles. The summed E-state index contributed by atoms with van der Waals surface area (Å²) in [6, 6.07) is 70.1. The van der Waals surface area contributed by atoms with E-state index >= 15 is 0 Å². The summed E-state index contributed by atoms with van der Waals surface area (Å²) in [4.78, 5) is 25.4. The van der Waals surface area contributed by atoms with Gasteiger partial charge in [0.2, 0.25) is 0 Å². The Morgan fingerprint density at radius 1 is 0.344 bits per heavy atom. The fourth-order valence-corrected chi connectivity index (χ4v) is 10.6. The molecular formula is C58H39N5S. The molecule has 0 bridgehead atoms. The summed E-state index contributed by atoms with van der Waals surface area (Å²) in [5, 5.41) is 2.35. The van der Waals surface area contributed by atoms with Gasteiger partial charge in [0.1, 0.15) is 0 Å². The number of benzene rings is 8. The molecule has 0 spiro atoms. The summed E-state index contributed by atoms with van der Waals surface area (Å²) in [6.07, 6.45) is 0. The third kappa shape index (κ3) is 6.42. The molecule has 64 heavy (non-hydrogen) atoms. The fraction of sp³-hybridized carbons (Fsp3) is 0.0517. The van der Waals surface area contributed by atoms with Gasteiger partial charge in [-0.3, -0.25) is 0 Å². The van der Waals surface area contributed by atoms with E-state index < -0.39 is 0 Å². The highest BCUT2D eigenvalue weighted by molar-refractivity contribution is 7.26. The molecule has 0 amide bonds. The minimum atomic E-state index is -0.249. The van der Waals surface area contributed by atoms with E-state index in [1.807, 2.05) is 72.0 Å². The minimum absolute atomic E-state index is 0.249. The van der Waals surface area contributed by atoms with Gasteiger partial charge in [-0.05, 0) is 57.6 Å². The van der Waals surface area contributed by atoms with Crippen LogP contribution in [0.1, 0.15) is 25.0 Å². The summed E-state index contributed by atoms with van der Waals surface area (Å²) in [6.45, 7) is 4.70. The lowest BCUT2D eigenvalue weighted by Gasteiger charge is -2.22. The van der Waals surface area contributed by atoms with Gasteiger partial charge in [-0.1, -0.05) is 190 Å². The maximum Gasteiger partial charge on any atom is 0.164 e. The lowest BCUT2D eigenvalue weighted by molar-refractivity contribution is 0.661. The van der Waals surface area contributed by atoms with Crippen LogP contribution in [-0.4, -0.2) is 24.9 Å². The van der Waals surface area contributed by atoms with Crippen molar-refractivity contribution in [3.05, 3.63) is 211 Å². The van der Waals surface area contributed by atoms with Gasteiger partial charge in [0, 0.05) is 59.0 Å². The molecule has 1 aliphatic carbocycles. The highest BCUT2D eigenvalue weighted by Gasteiger charge is 2.36. The number of thiophene rings is 1. The van der Waals surface area contributed by atoms with Gasteiger partial charge < -0.3 is 0 Å². The summed E-state index contributed by atoms with van der Waals surface area (Å²) >= 11 is 1.83. The molecule has 11 aromatic rings. The van der Waals surface area contributed by atoms with E-state index in [9.17, 15) is 0 Å². The first-order valence-corrected chi connectivity index (χ1v) is 22.4. The van der Waals surface area contributed by atoms with Gasteiger partial charge >= 0.3 is 0 Å². The van der Waals surface area contributed by atoms with E-state index in [0.717, 1.165) is 50.2 Å². The number of aromatic nitrogens is 5. The first kappa shape index (κ1) is 37.8. The third-order valence-corrected chi connectivity index (χ3v) is 13.8. The van der Waals surface area contributed by atoms with E-state index in [4.69, 9.17) is 24.9 Å². The van der Waals surface area contributed by atoms with Crippen LogP contribution in [0.25, 0.3) is 110 Å². The second-order valence-electron chi connectivity index (χ2n) is 16.8. The van der Waals surface area contributed by atoms with Crippen molar-refractivity contribution in [2.24, 2.45) is 0 Å². The molecule has 12 rings (SSSR count). The van der Waals surface area contributed by atoms with Crippen molar-refractivity contribution >= 4 is 31.5 Å². The van der Waals surface area contributed by atoms with Gasteiger partial charge in [-0.15, -0.1) is 11.3 Å². The van der Waals surface area contributed by atoms with Gasteiger partial charge in [0.15, 0.2) is 23.3 Å². The van der Waals surface area contributed by atoms with Crippen molar-refractivity contribution in [3.8, 4) is 90.3 Å². The number of nitrogens with zero attached hydrogens (tertiary/aromatic N) is 5. The summed E-state index contributed by atoms with van der Waals surface area (Å²) in [7, 11) is 0. The maximum absolute atomic E-state index is 5.16. The monoisotopic (exact) mass is 837 g/mol. The zero-order valence-corrected chi connectivity index (χ0v) is 36.0. The average molecular weight is 838 g/mol. The van der Waals surface area contributed by atoms with E-state index in [1.54, 1.807) is 0 Å². The van der Waals surface area contributed by atoms with Crippen LogP contribution < -0.4 is 0 Å². The van der Waals surface area contributed by atoms with E-state index in [2.05, 4.69) is 153 Å². The molecule has 0 aliphatic heterocycles. The lowest BCUT2D eigenvalue weighted by Crippen LogP contribution is -2.15. The van der Waals surface area contributed by atoms with Crippen molar-refractivity contribution in [1.82, 2.24) is 24.9 Å². The Morgan fingerprint density at radius 2 is 0.812 bits per heavy atom. The van der Waals surface area contributed by atoms with Crippen LogP contribution in [0.15, 0.2) is 200 Å². The number of rotatable bonds is 7. The molecule has 3 heterocycles. The van der Waals surface area contributed by atoms with E-state index in [0.29, 0.717) is 23.3 Å². The van der Waals surface area contributed by atoms with Crippen molar-refractivity contribution in [1.29, 1.82) is 0 Å². The van der Waals surface area contributed by atoms with E-state index in [1.165, 1.54) is 48.2 Å². The normalized spacial score (nSPS) is 12.7. The number of fused-ring (bicyclic) bond motifs is 6. The van der Waals surface area contributed by atoms with Crippen LogP contribution in [0.3, 0.4) is 0 Å². The van der Waals surface area contributed by atoms with Crippen LogP contribution in [-0.2, 0) is 5.41 Å². The van der Waals surface area contributed by atoms with Crippen molar-refractivity contribution < 1.29 is 0 Å². The first-order valence-electron chi connectivity index (χ1n) is 21.6. The minimum Gasteiger partial charge on any atom is -0.228 e. The molecule has 0 saturated heterocycles. The van der Waals surface area contributed by atoms with Crippen molar-refractivity contribution in [3.63, 3.8) is 0 Å². The molecule has 0 unspecified atom stereocenters. The zero-order chi connectivity index (χ0) is 42.8. The van der Waals surface area contributed by atoms with Crippen LogP contribution in [0, 0.1) is 0 Å². The topological polar surface area (TPSA) is 64.5 Å². The van der Waals surface area contributed by atoms with Gasteiger partial charge in [-0.25, -0.2) is 24.9 Å². The molecular weight excluding hydrogens is 799 g/mol. The number of hydrogen-bond acceptors (Lipinski definition) is 6. The second-order valence-corrected chi connectivity index (χ2v) is 17.9. The average Bonchev–Trinajstić information content (AvgIpc) is 3.86. The number of hydrogen-bond donors (Lipinski definition) is 0. The zero-order valence-electron chi connectivity index (χ0n) is 35.2. The SMILES string of the molecule is CC1(C)c2cc(-c3cc(-c4ccccc4)nc(-c4ccccc4)n3)ccc2-c2ccc(-c3cccc4c3sc3cccc(-c5nc(-c6ccccc6)nc(-c6ccccc6)n5)c34)cc21. The van der Waals surface area contributed by atoms with E-state index in [-0.39, 0.29) is 5.41 Å². The molecule has 0 radical (unpaired) electrons. The highest BCUT2D eigenvalue weighted by Crippen LogP contribution is 2.52. The molecule has 3 aromatic heterocycles. The van der Waals surface area contributed by atoms with Gasteiger partial charge in [0.05, 0.1) is 11.4 Å². The molecule has 1 aliphatic rings. The largest absolute Gasteiger partial charge is 0.228 e. The molecule has 0 fully saturated rings. The Kier molecular flexibility index (Phi) is 8.95. The standard InChI is InChI=1S/C58H39N5S/c1-58(2)47-33-40(29-31-43(47)44-32-30-41(34-48(44)58)50-35-49(36-17-7-3-8-18-36)59-54(60-50)37-19-9-4-10-20-37)42-25-15-26-45-52-46(27-16-28-51(52)64-53(42)45)57-62-55(38-21-11-5-12-22-38)61-56(63-57)39-23-13-6-14-24-39/h3-35H,1-2H3. The highest BCUT2D eigenvalue weighted by atomic mass is 32.1. The van der Waals surface area contributed by atoms with Crippen LogP contribution in [0.4, 0.5) is 0 Å². The molecule has 0 atom stereocenters. The summed E-state index contributed by atoms with van der Waals surface area (Å²) < 4.78 is 2.44. The molecule has 5 nitrogen and oxygen atoms in total. The Labute approximate surface area is 375 Å². The predicted molar refractivity (Wildman–Crippen MR) is 264 cm³/mol. The third-order valence-electron chi connectivity index (χ3n) is 12.6. The van der Waals surface area contributed by atoms with Crippen LogP contribution in [0.5, 0.6) is 0 Å². The molecule has 0 N–H and O–H groups in total. The van der Waals surface area contributed by atoms with Gasteiger partial charge in [0.25, 0.3) is 0 Å². The Hall–Kier alpha value is -7.93. The van der Waals surface area contributed by atoms with Crippen molar-refractivity contribution in [2.75, 3.05) is 0 Å². The van der Waals surface area contributed by atoms with Gasteiger partial charge in [-0.2, -0.15) is 0 Å². The first-order chi connectivity index (χ1) is 31.5. The Bertz CT molecular complexity index is 3450. The molecule has 0 saturated carbocycles. The summed E-state index contributed by atoms with van der Waals surface area (Å²) in [5.41, 5.74) is 15.2. The molecule has 302 valence electrons. The quantitative estimate of drug-likeness (QED) is 0.160. The summed E-state index contributed by atoms with van der Waals surface area (Å²) in [5.74, 6) is 2.69. The second kappa shape index (κ2) is 15.2. The van der Waals surface area contributed by atoms with Crippen molar-refractivity contribution in [2.45, 2.75) is 19.3 Å². The maximum atomic E-state index is 5.16. The Balaban J connectivity index is 0.949. The van der Waals surface area contributed by atoms with Crippen LogP contribution >= 0.6 is 11.3 Å². The lowest BCUT2D eigenvalue weighted by atomic mass is 9.81. The van der Waals surface area contributed by atoms with Crippen LogP contribution in [0.2, 0.25) is 0 Å². The Morgan fingerprint density at radius 3 is 1.41 bits per heavy atom. The predicted octanol–water partition coefficient (Wildman–Crippen LogP) is 15.0. The molecule has 6 heteroatoms. The fourth-order valence-electron chi connectivity index (χ4n) is 9.32. The smallest absolute Gasteiger partial charge is 0.164 e.